The van der Waals surface area contributed by atoms with Gasteiger partial charge in [0.15, 0.2) is 6.04 Å². The Balaban J connectivity index is 0.00000225. The molecule has 3 rings (SSSR count). The van der Waals surface area contributed by atoms with E-state index in [9.17, 15) is 4.79 Å². The van der Waals surface area contributed by atoms with Crippen LogP contribution in [0.4, 0.5) is 5.69 Å². The van der Waals surface area contributed by atoms with Crippen LogP contribution in [-0.2, 0) is 37.5 Å². The minimum atomic E-state index is 0. The summed E-state index contributed by atoms with van der Waals surface area (Å²) < 4.78 is 1.03. The summed E-state index contributed by atoms with van der Waals surface area (Å²) in [5.74, 6) is 0.377. The molecule has 4 heteroatoms. The van der Waals surface area contributed by atoms with Gasteiger partial charge in [-0.1, -0.05) is 18.2 Å². The van der Waals surface area contributed by atoms with Crippen molar-refractivity contribution in [1.82, 2.24) is 0 Å². The maximum Gasteiger partial charge on any atom is 0.285 e. The van der Waals surface area contributed by atoms with Gasteiger partial charge in [0.05, 0.1) is 19.6 Å². The molecule has 2 aliphatic rings. The number of aryl methyl sites for hydroxylation is 2. The van der Waals surface area contributed by atoms with Crippen LogP contribution in [0, 0.1) is 13.8 Å². The number of likely N-dealkylation sites (tertiary alicyclic amines) is 1. The molecule has 135 valence electrons. The van der Waals surface area contributed by atoms with Crippen LogP contribution in [0.2, 0.25) is 0 Å². The summed E-state index contributed by atoms with van der Waals surface area (Å²) >= 11 is 0. The van der Waals surface area contributed by atoms with E-state index in [4.69, 9.17) is 0 Å². The van der Waals surface area contributed by atoms with E-state index in [1.54, 1.807) is 0 Å². The van der Waals surface area contributed by atoms with Gasteiger partial charge < -0.3 is 9.38 Å². The van der Waals surface area contributed by atoms with E-state index in [0.29, 0.717) is 5.91 Å². The summed E-state index contributed by atoms with van der Waals surface area (Å²) in [6, 6.07) is 6.53. The Bertz CT molecular complexity index is 573. The van der Waals surface area contributed by atoms with E-state index < -0.39 is 0 Å². The average molecular weight is 418 g/mol. The van der Waals surface area contributed by atoms with Gasteiger partial charge in [-0.25, -0.2) is 0 Å². The summed E-state index contributed by atoms with van der Waals surface area (Å²) in [5.41, 5.74) is 3.61. The van der Waals surface area contributed by atoms with Gasteiger partial charge in [-0.3, -0.25) is 4.79 Å². The molecule has 1 amide bonds. The van der Waals surface area contributed by atoms with Gasteiger partial charge in [-0.2, -0.15) is 0 Å². The molecule has 0 N–H and O–H groups in total. The van der Waals surface area contributed by atoms with Crippen LogP contribution in [0.3, 0.4) is 0 Å². The number of amides is 1. The first-order chi connectivity index (χ1) is 11.6. The van der Waals surface area contributed by atoms with Crippen molar-refractivity contribution in [2.75, 3.05) is 31.1 Å². The second-order valence-electron chi connectivity index (χ2n) is 7.78. The van der Waals surface area contributed by atoms with Crippen LogP contribution in [-0.4, -0.2) is 42.6 Å². The van der Waals surface area contributed by atoms with Crippen molar-refractivity contribution in [3.8, 4) is 0 Å². The zero-order chi connectivity index (χ0) is 17.2. The first-order valence-corrected chi connectivity index (χ1v) is 9.82. The third-order valence-corrected chi connectivity index (χ3v) is 6.37. The molecule has 2 heterocycles. The Morgan fingerprint density at radius 2 is 1.64 bits per heavy atom. The Hall–Kier alpha value is -0.246. The Labute approximate surface area is 178 Å². The summed E-state index contributed by atoms with van der Waals surface area (Å²) in [6.07, 6.45) is 7.42. The maximum absolute atomic E-state index is 13.5. The minimum absolute atomic E-state index is 0. The van der Waals surface area contributed by atoms with Gasteiger partial charge >= 0.3 is 0 Å². The zero-order valence-corrected chi connectivity index (χ0v) is 19.1. The van der Waals surface area contributed by atoms with Crippen molar-refractivity contribution < 1.29 is 42.0 Å². The number of carbonyl (C=O) groups excluding carboxylic acids is 1. The Morgan fingerprint density at radius 1 is 1.04 bits per heavy atom. The van der Waals surface area contributed by atoms with Crippen molar-refractivity contribution in [3.05, 3.63) is 29.3 Å². The van der Waals surface area contributed by atoms with Gasteiger partial charge in [0.25, 0.3) is 5.91 Å². The van der Waals surface area contributed by atoms with Crippen molar-refractivity contribution in [2.24, 2.45) is 0 Å². The fourth-order valence-electron chi connectivity index (χ4n) is 4.98. The number of hydrogen-bond acceptors (Lipinski definition) is 1. The second-order valence-corrected chi connectivity index (χ2v) is 7.78. The number of piperidine rings is 1. The number of hydrogen-bond donors (Lipinski definition) is 0. The Kier molecular flexibility index (Phi) is 7.67. The monoisotopic (exact) mass is 418 g/mol. The summed E-state index contributed by atoms with van der Waals surface area (Å²) in [4.78, 5) is 15.6. The molecule has 1 radical (unpaired) electrons. The summed E-state index contributed by atoms with van der Waals surface area (Å²) in [6.45, 7) is 10.9. The molecule has 1 atom stereocenters. The third kappa shape index (κ3) is 4.20. The molecule has 1 aromatic rings. The molecule has 1 aromatic carbocycles. The SMILES string of the molecule is CC[N+]1(C2CCCN(c3c(C)cccc3C)C2=O)CCCCCC1.[Y]. The van der Waals surface area contributed by atoms with Gasteiger partial charge in [-0.05, 0) is 64.0 Å². The van der Waals surface area contributed by atoms with E-state index in [-0.39, 0.29) is 38.8 Å². The van der Waals surface area contributed by atoms with Crippen LogP contribution in [0.5, 0.6) is 0 Å². The van der Waals surface area contributed by atoms with Crippen LogP contribution in [0.25, 0.3) is 0 Å². The predicted octanol–water partition coefficient (Wildman–Crippen LogP) is 4.21. The minimum Gasteiger partial charge on any atom is -0.314 e. The molecular weight excluding hydrogens is 385 g/mol. The molecule has 25 heavy (non-hydrogen) atoms. The molecule has 2 aliphatic heterocycles. The molecule has 0 saturated carbocycles. The van der Waals surface area contributed by atoms with Gasteiger partial charge in [0.2, 0.25) is 0 Å². The molecule has 2 fully saturated rings. The van der Waals surface area contributed by atoms with Crippen LogP contribution < -0.4 is 4.90 Å². The molecule has 0 spiro atoms. The second kappa shape index (κ2) is 9.10. The van der Waals surface area contributed by atoms with E-state index >= 15 is 0 Å². The summed E-state index contributed by atoms with van der Waals surface area (Å²) in [7, 11) is 0. The number of benzene rings is 1. The van der Waals surface area contributed by atoms with Crippen molar-refractivity contribution in [2.45, 2.75) is 65.3 Å². The van der Waals surface area contributed by atoms with Crippen molar-refractivity contribution in [1.29, 1.82) is 0 Å². The number of likely N-dealkylation sites (N-methyl/N-ethyl adjacent to an activating group) is 1. The number of anilines is 1. The molecule has 0 aromatic heterocycles. The fraction of sp³-hybridized carbons (Fsp3) is 0.667. The van der Waals surface area contributed by atoms with Crippen molar-refractivity contribution >= 4 is 11.6 Å². The van der Waals surface area contributed by atoms with Gasteiger partial charge in [0, 0.05) is 51.4 Å². The molecule has 3 nitrogen and oxygen atoms in total. The van der Waals surface area contributed by atoms with Gasteiger partial charge in [-0.15, -0.1) is 0 Å². The average Bonchev–Trinajstić information content (AvgIpc) is 2.82. The Morgan fingerprint density at radius 3 is 2.20 bits per heavy atom. The number of quaternary nitrogens is 1. The molecular formula is C21H33N2OY+. The maximum atomic E-state index is 13.5. The first-order valence-electron chi connectivity index (χ1n) is 9.82. The van der Waals surface area contributed by atoms with E-state index in [1.165, 1.54) is 49.9 Å². The number of para-hydroxylation sites is 1. The number of carbonyl (C=O) groups is 1. The third-order valence-electron chi connectivity index (χ3n) is 6.37. The van der Waals surface area contributed by atoms with Crippen LogP contribution >= 0.6 is 0 Å². The first kappa shape index (κ1) is 21.1. The molecule has 1 unspecified atom stereocenters. The number of rotatable bonds is 3. The normalized spacial score (nSPS) is 23.7. The molecule has 2 saturated heterocycles. The number of nitrogens with zero attached hydrogens (tertiary/aromatic N) is 2. The predicted molar refractivity (Wildman–Crippen MR) is 100 cm³/mol. The van der Waals surface area contributed by atoms with E-state index in [2.05, 4.69) is 43.9 Å². The van der Waals surface area contributed by atoms with Crippen LogP contribution in [0.1, 0.15) is 56.6 Å². The van der Waals surface area contributed by atoms with E-state index in [0.717, 1.165) is 36.1 Å². The quantitative estimate of drug-likeness (QED) is 0.674. The molecule has 0 bridgehead atoms. The molecule has 0 aliphatic carbocycles. The fourth-order valence-corrected chi connectivity index (χ4v) is 4.98. The van der Waals surface area contributed by atoms with Gasteiger partial charge in [0.1, 0.15) is 0 Å². The van der Waals surface area contributed by atoms with Crippen molar-refractivity contribution in [3.63, 3.8) is 0 Å². The smallest absolute Gasteiger partial charge is 0.285 e. The van der Waals surface area contributed by atoms with Crippen LogP contribution in [0.15, 0.2) is 18.2 Å². The summed E-state index contributed by atoms with van der Waals surface area (Å²) in [5, 5.41) is 0. The topological polar surface area (TPSA) is 20.3 Å². The largest absolute Gasteiger partial charge is 0.314 e. The van der Waals surface area contributed by atoms with E-state index in [1.807, 2.05) is 0 Å². The zero-order valence-electron chi connectivity index (χ0n) is 16.3. The standard InChI is InChI=1S/C21H33N2O.Y/c1-4-23(15-7-5-6-8-16-23)19-13-10-14-22(21(19)24)20-17(2)11-9-12-18(20)3;/h9,11-12,19H,4-8,10,13-16H2,1-3H3;/q+1;.